The minimum atomic E-state index is 0.0200. The van der Waals surface area contributed by atoms with Gasteiger partial charge in [0.15, 0.2) is 0 Å². The van der Waals surface area contributed by atoms with Crippen molar-refractivity contribution < 1.29 is 0 Å². The van der Waals surface area contributed by atoms with E-state index in [1.54, 1.807) is 0 Å². The van der Waals surface area contributed by atoms with Crippen molar-refractivity contribution in [2.45, 2.75) is 37.8 Å². The lowest BCUT2D eigenvalue weighted by molar-refractivity contribution is 0.0683. The smallest absolute Gasteiger partial charge is 0.0642 e. The van der Waals surface area contributed by atoms with Crippen LogP contribution in [0.5, 0.6) is 0 Å². The molecule has 1 aromatic rings. The third-order valence-corrected chi connectivity index (χ3v) is 4.98. The van der Waals surface area contributed by atoms with Crippen molar-refractivity contribution in [2.75, 3.05) is 32.6 Å². The summed E-state index contributed by atoms with van der Waals surface area (Å²) in [5.74, 6) is 0. The van der Waals surface area contributed by atoms with Gasteiger partial charge in [-0.25, -0.2) is 0 Å². The molecule has 0 saturated heterocycles. The number of rotatable bonds is 5. The molecule has 2 N–H and O–H groups in total. The normalized spacial score (nSPS) is 18.8. The maximum absolute atomic E-state index is 6.43. The highest BCUT2D eigenvalue weighted by Crippen LogP contribution is 2.38. The Morgan fingerprint density at radius 3 is 2.35 bits per heavy atom. The fraction of sp³-hybridized carbons (Fsp3) is 0.625. The molecule has 0 unspecified atom stereocenters. The minimum absolute atomic E-state index is 0.0200. The number of hydrogen-bond donors (Lipinski definition) is 1. The molecule has 1 atom stereocenters. The fourth-order valence-corrected chi connectivity index (χ4v) is 3.31. The first kappa shape index (κ1) is 15.6. The molecule has 0 bridgehead atoms. The highest BCUT2D eigenvalue weighted by Gasteiger charge is 2.40. The first-order valence-electron chi connectivity index (χ1n) is 7.29. The molecular formula is C16H26ClN3. The third kappa shape index (κ3) is 2.95. The second kappa shape index (κ2) is 5.92. The van der Waals surface area contributed by atoms with Crippen molar-refractivity contribution >= 4 is 17.3 Å². The molecule has 20 heavy (non-hydrogen) atoms. The van der Waals surface area contributed by atoms with Crippen LogP contribution in [0.1, 0.15) is 37.8 Å². The summed E-state index contributed by atoms with van der Waals surface area (Å²) < 4.78 is 0. The lowest BCUT2D eigenvalue weighted by atomic mass is 9.75. The second-order valence-electron chi connectivity index (χ2n) is 6.33. The standard InChI is InChI=1S/C16H26ClN3/c1-12(18)13-6-7-15(14(17)10-13)20(4)11-16(19(2)3)8-5-9-16/h6-7,10,12H,5,8-9,11,18H2,1-4H3/t12-/m0/s1. The number of halogens is 1. The molecule has 0 radical (unpaired) electrons. The van der Waals surface area contributed by atoms with E-state index < -0.39 is 0 Å². The molecule has 3 nitrogen and oxygen atoms in total. The molecule has 0 heterocycles. The molecule has 1 aliphatic rings. The Labute approximate surface area is 127 Å². The molecule has 0 aliphatic heterocycles. The zero-order valence-electron chi connectivity index (χ0n) is 13.0. The van der Waals surface area contributed by atoms with Gasteiger partial charge in [-0.3, -0.25) is 0 Å². The highest BCUT2D eigenvalue weighted by molar-refractivity contribution is 6.33. The van der Waals surface area contributed by atoms with Crippen LogP contribution >= 0.6 is 11.6 Å². The molecule has 4 heteroatoms. The predicted octanol–water partition coefficient (Wildman–Crippen LogP) is 3.28. The first-order chi connectivity index (χ1) is 9.35. The van der Waals surface area contributed by atoms with E-state index in [0.29, 0.717) is 5.54 Å². The van der Waals surface area contributed by atoms with Gasteiger partial charge in [0, 0.05) is 25.2 Å². The Hall–Kier alpha value is -0.770. The predicted molar refractivity (Wildman–Crippen MR) is 87.6 cm³/mol. The Morgan fingerprint density at radius 2 is 1.95 bits per heavy atom. The van der Waals surface area contributed by atoms with Crippen LogP contribution in [-0.4, -0.2) is 38.1 Å². The van der Waals surface area contributed by atoms with Crippen LogP contribution < -0.4 is 10.6 Å². The first-order valence-corrected chi connectivity index (χ1v) is 7.67. The van der Waals surface area contributed by atoms with E-state index in [4.69, 9.17) is 17.3 Å². The average Bonchev–Trinajstić information content (AvgIpc) is 2.32. The van der Waals surface area contributed by atoms with Crippen LogP contribution in [0.15, 0.2) is 18.2 Å². The van der Waals surface area contributed by atoms with Crippen LogP contribution in [0, 0.1) is 0 Å². The molecule has 1 aromatic carbocycles. The van der Waals surface area contributed by atoms with Gasteiger partial charge in [-0.2, -0.15) is 0 Å². The Balaban J connectivity index is 2.15. The molecule has 1 fully saturated rings. The van der Waals surface area contributed by atoms with Crippen molar-refractivity contribution in [3.05, 3.63) is 28.8 Å². The van der Waals surface area contributed by atoms with Crippen molar-refractivity contribution in [2.24, 2.45) is 5.73 Å². The van der Waals surface area contributed by atoms with E-state index in [-0.39, 0.29) is 6.04 Å². The van der Waals surface area contributed by atoms with Gasteiger partial charge < -0.3 is 15.5 Å². The number of nitrogens with zero attached hydrogens (tertiary/aromatic N) is 2. The van der Waals surface area contributed by atoms with Crippen molar-refractivity contribution in [3.63, 3.8) is 0 Å². The van der Waals surface area contributed by atoms with E-state index in [1.165, 1.54) is 19.3 Å². The topological polar surface area (TPSA) is 32.5 Å². The lowest BCUT2D eigenvalue weighted by Crippen LogP contribution is -2.56. The fourth-order valence-electron chi connectivity index (χ4n) is 2.97. The van der Waals surface area contributed by atoms with E-state index in [2.05, 4.69) is 43.1 Å². The summed E-state index contributed by atoms with van der Waals surface area (Å²) in [6.07, 6.45) is 3.85. The molecule has 1 saturated carbocycles. The van der Waals surface area contributed by atoms with Crippen LogP contribution in [0.4, 0.5) is 5.69 Å². The van der Waals surface area contributed by atoms with Gasteiger partial charge in [0.05, 0.1) is 10.7 Å². The maximum atomic E-state index is 6.43. The number of hydrogen-bond acceptors (Lipinski definition) is 3. The monoisotopic (exact) mass is 295 g/mol. The Morgan fingerprint density at radius 1 is 1.30 bits per heavy atom. The summed E-state index contributed by atoms with van der Waals surface area (Å²) in [4.78, 5) is 4.63. The summed E-state index contributed by atoms with van der Waals surface area (Å²) >= 11 is 6.43. The van der Waals surface area contributed by atoms with E-state index in [0.717, 1.165) is 22.8 Å². The van der Waals surface area contributed by atoms with Crippen molar-refractivity contribution in [3.8, 4) is 0 Å². The second-order valence-corrected chi connectivity index (χ2v) is 6.74. The van der Waals surface area contributed by atoms with Crippen LogP contribution in [0.2, 0.25) is 5.02 Å². The zero-order chi connectivity index (χ0) is 14.9. The number of likely N-dealkylation sites (N-methyl/N-ethyl adjacent to an activating group) is 2. The minimum Gasteiger partial charge on any atom is -0.372 e. The number of nitrogens with two attached hydrogens (primary N) is 1. The van der Waals surface area contributed by atoms with Crippen LogP contribution in [0.25, 0.3) is 0 Å². The summed E-state index contributed by atoms with van der Waals surface area (Å²) in [6, 6.07) is 6.17. The van der Waals surface area contributed by atoms with Gasteiger partial charge in [0.1, 0.15) is 0 Å². The molecule has 0 aromatic heterocycles. The summed E-state index contributed by atoms with van der Waals surface area (Å²) in [5.41, 5.74) is 8.37. The van der Waals surface area contributed by atoms with E-state index >= 15 is 0 Å². The summed E-state index contributed by atoms with van der Waals surface area (Å²) in [7, 11) is 6.47. The molecule has 0 amide bonds. The maximum Gasteiger partial charge on any atom is 0.0642 e. The van der Waals surface area contributed by atoms with E-state index in [9.17, 15) is 0 Å². The summed E-state index contributed by atoms with van der Waals surface area (Å²) in [6.45, 7) is 2.99. The largest absolute Gasteiger partial charge is 0.372 e. The van der Waals surface area contributed by atoms with Gasteiger partial charge in [-0.15, -0.1) is 0 Å². The number of benzene rings is 1. The molecule has 1 aliphatic carbocycles. The molecule has 2 rings (SSSR count). The van der Waals surface area contributed by atoms with Crippen molar-refractivity contribution in [1.29, 1.82) is 0 Å². The van der Waals surface area contributed by atoms with Gasteiger partial charge in [-0.05, 0) is 58.0 Å². The average molecular weight is 296 g/mol. The van der Waals surface area contributed by atoms with Crippen LogP contribution in [-0.2, 0) is 0 Å². The van der Waals surface area contributed by atoms with Gasteiger partial charge in [0.2, 0.25) is 0 Å². The van der Waals surface area contributed by atoms with Gasteiger partial charge in [-0.1, -0.05) is 17.7 Å². The lowest BCUT2D eigenvalue weighted by Gasteiger charge is -2.49. The van der Waals surface area contributed by atoms with Crippen LogP contribution in [0.3, 0.4) is 0 Å². The Kier molecular flexibility index (Phi) is 4.62. The number of anilines is 1. The van der Waals surface area contributed by atoms with Crippen molar-refractivity contribution in [1.82, 2.24) is 4.90 Å². The van der Waals surface area contributed by atoms with E-state index in [1.807, 2.05) is 13.0 Å². The highest BCUT2D eigenvalue weighted by atomic mass is 35.5. The SMILES string of the molecule is C[C@H](N)c1ccc(N(C)CC2(N(C)C)CCC2)c(Cl)c1. The Bertz CT molecular complexity index is 467. The van der Waals surface area contributed by atoms with Gasteiger partial charge in [0.25, 0.3) is 0 Å². The zero-order valence-corrected chi connectivity index (χ0v) is 13.7. The van der Waals surface area contributed by atoms with Gasteiger partial charge >= 0.3 is 0 Å². The molecule has 0 spiro atoms. The summed E-state index contributed by atoms with van der Waals surface area (Å²) in [5, 5.41) is 0.788. The molecular weight excluding hydrogens is 270 g/mol. The molecule has 112 valence electrons. The third-order valence-electron chi connectivity index (χ3n) is 4.67. The quantitative estimate of drug-likeness (QED) is 0.905.